The first-order chi connectivity index (χ1) is 7.49. The molecule has 0 heterocycles. The number of halogens is 2. The van der Waals surface area contributed by atoms with Crippen molar-refractivity contribution in [2.45, 2.75) is 0 Å². The quantitative estimate of drug-likeness (QED) is 0.378. The van der Waals surface area contributed by atoms with Crippen molar-refractivity contribution in [2.24, 2.45) is 4.99 Å². The number of thiocarbonyl (C=S) groups is 1. The molecule has 0 bridgehead atoms. The maximum absolute atomic E-state index is 8.81. The van der Waals surface area contributed by atoms with Crippen LogP contribution in [0.4, 0.5) is 5.69 Å². The Bertz CT molecular complexity index is 423. The van der Waals surface area contributed by atoms with E-state index in [9.17, 15) is 0 Å². The van der Waals surface area contributed by atoms with Crippen molar-refractivity contribution in [3.8, 4) is 0 Å². The molecule has 0 unspecified atom stereocenters. The van der Waals surface area contributed by atoms with Gasteiger partial charge in [-0.25, -0.2) is 10.1 Å². The fraction of sp³-hybridized carbons (Fsp3) is 0.111. The van der Waals surface area contributed by atoms with E-state index in [0.29, 0.717) is 15.7 Å². The maximum atomic E-state index is 8.81. The largest absolute Gasteiger partial charge is 0.330 e. The molecule has 86 valence electrons. The van der Waals surface area contributed by atoms with Gasteiger partial charge in [0.25, 0.3) is 0 Å². The lowest BCUT2D eigenvalue weighted by molar-refractivity contribution is 0.0201. The summed E-state index contributed by atoms with van der Waals surface area (Å²) in [6.07, 6.45) is 1.17. The van der Waals surface area contributed by atoms with E-state index in [1.165, 1.54) is 13.4 Å². The summed E-state index contributed by atoms with van der Waals surface area (Å²) in [4.78, 5) is 3.76. The van der Waals surface area contributed by atoms with E-state index < -0.39 is 0 Å². The lowest BCUT2D eigenvalue weighted by Crippen LogP contribution is -2.13. The fourth-order valence-electron chi connectivity index (χ4n) is 0.874. The predicted molar refractivity (Wildman–Crippen MR) is 70.7 cm³/mol. The molecule has 1 rings (SSSR count). The third kappa shape index (κ3) is 4.32. The molecule has 0 atom stereocenters. The zero-order valence-electron chi connectivity index (χ0n) is 8.32. The normalized spacial score (nSPS) is 10.5. The van der Waals surface area contributed by atoms with Gasteiger partial charge in [0.05, 0.1) is 10.7 Å². The van der Waals surface area contributed by atoms with Crippen molar-refractivity contribution in [2.75, 3.05) is 12.4 Å². The highest BCUT2D eigenvalue weighted by Crippen LogP contribution is 2.25. The van der Waals surface area contributed by atoms with E-state index in [1.807, 2.05) is 0 Å². The monoisotopic (exact) mass is 277 g/mol. The van der Waals surface area contributed by atoms with Gasteiger partial charge >= 0.3 is 0 Å². The third-order valence-corrected chi connectivity index (χ3v) is 2.27. The predicted octanol–water partition coefficient (Wildman–Crippen LogP) is 3.04. The first-order valence-electron chi connectivity index (χ1n) is 4.21. The Morgan fingerprint density at radius 2 is 2.25 bits per heavy atom. The highest BCUT2D eigenvalue weighted by molar-refractivity contribution is 7.80. The average Bonchev–Trinajstić information content (AvgIpc) is 2.19. The molecular formula is C9H9Cl2N3OS. The molecule has 7 heteroatoms. The van der Waals surface area contributed by atoms with Crippen molar-refractivity contribution in [1.29, 1.82) is 0 Å². The number of anilines is 1. The Morgan fingerprint density at radius 1 is 1.56 bits per heavy atom. The fourth-order valence-corrected chi connectivity index (χ4v) is 1.49. The van der Waals surface area contributed by atoms with E-state index in [2.05, 4.69) is 10.3 Å². The van der Waals surface area contributed by atoms with Crippen molar-refractivity contribution in [3.63, 3.8) is 0 Å². The molecule has 0 aliphatic rings. The van der Waals surface area contributed by atoms with E-state index in [1.54, 1.807) is 18.2 Å². The SMILES string of the molecule is CN(O)/C=N/C(=S)Nc1ccc(Cl)cc1Cl. The van der Waals surface area contributed by atoms with Crippen LogP contribution in [0.25, 0.3) is 0 Å². The summed E-state index contributed by atoms with van der Waals surface area (Å²) in [5, 5.41) is 13.6. The molecule has 0 aliphatic carbocycles. The highest BCUT2D eigenvalue weighted by atomic mass is 35.5. The van der Waals surface area contributed by atoms with Crippen LogP contribution in [0.5, 0.6) is 0 Å². The number of hydrogen-bond donors (Lipinski definition) is 2. The molecule has 0 aromatic heterocycles. The molecule has 1 aromatic rings. The van der Waals surface area contributed by atoms with Crippen LogP contribution in [0.2, 0.25) is 10.0 Å². The second-order valence-corrected chi connectivity index (χ2v) is 4.10. The maximum Gasteiger partial charge on any atom is 0.198 e. The second kappa shape index (κ2) is 6.00. The van der Waals surface area contributed by atoms with Crippen LogP contribution in [-0.2, 0) is 0 Å². The lowest BCUT2D eigenvalue weighted by Gasteiger charge is -2.07. The van der Waals surface area contributed by atoms with Gasteiger partial charge in [-0.2, -0.15) is 0 Å². The van der Waals surface area contributed by atoms with E-state index in [0.717, 1.165) is 5.06 Å². The molecule has 0 amide bonds. The van der Waals surface area contributed by atoms with Crippen molar-refractivity contribution < 1.29 is 5.21 Å². The van der Waals surface area contributed by atoms with Gasteiger partial charge in [0.15, 0.2) is 5.11 Å². The van der Waals surface area contributed by atoms with Gasteiger partial charge in [-0.05, 0) is 30.4 Å². The smallest absolute Gasteiger partial charge is 0.198 e. The van der Waals surface area contributed by atoms with Gasteiger partial charge in [0.2, 0.25) is 0 Å². The molecule has 0 spiro atoms. The number of nitrogens with one attached hydrogen (secondary N) is 1. The van der Waals surface area contributed by atoms with Gasteiger partial charge in [0, 0.05) is 12.1 Å². The minimum atomic E-state index is 0.185. The number of hydrogen-bond acceptors (Lipinski definition) is 2. The summed E-state index contributed by atoms with van der Waals surface area (Å²) >= 11 is 16.6. The third-order valence-electron chi connectivity index (χ3n) is 1.51. The number of aliphatic imine (C=N–C) groups is 1. The summed E-state index contributed by atoms with van der Waals surface area (Å²) in [7, 11) is 1.42. The van der Waals surface area contributed by atoms with Crippen LogP contribution in [0, 0.1) is 0 Å². The molecular weight excluding hydrogens is 269 g/mol. The van der Waals surface area contributed by atoms with Crippen LogP contribution in [-0.4, -0.2) is 28.8 Å². The Labute approximate surface area is 108 Å². The van der Waals surface area contributed by atoms with E-state index >= 15 is 0 Å². The number of nitrogens with zero attached hydrogens (tertiary/aromatic N) is 2. The molecule has 0 saturated carbocycles. The van der Waals surface area contributed by atoms with Crippen molar-refractivity contribution in [3.05, 3.63) is 28.2 Å². The van der Waals surface area contributed by atoms with Crippen LogP contribution in [0.3, 0.4) is 0 Å². The molecule has 0 fully saturated rings. The van der Waals surface area contributed by atoms with Gasteiger partial charge < -0.3 is 5.32 Å². The lowest BCUT2D eigenvalue weighted by atomic mass is 10.3. The van der Waals surface area contributed by atoms with Crippen molar-refractivity contribution in [1.82, 2.24) is 5.06 Å². The van der Waals surface area contributed by atoms with Crippen LogP contribution in [0.15, 0.2) is 23.2 Å². The minimum absolute atomic E-state index is 0.185. The Morgan fingerprint density at radius 3 is 2.81 bits per heavy atom. The number of hydroxylamine groups is 2. The standard InChI is InChI=1S/C9H9Cl2N3OS/c1-14(15)5-12-9(16)13-8-3-2-6(10)4-7(8)11/h2-5,15H,1H3,(H,13,16)/b12-5+. The van der Waals surface area contributed by atoms with Crippen LogP contribution in [0.1, 0.15) is 0 Å². The second-order valence-electron chi connectivity index (χ2n) is 2.87. The van der Waals surface area contributed by atoms with Gasteiger partial charge in [-0.1, -0.05) is 23.2 Å². The van der Waals surface area contributed by atoms with Gasteiger partial charge in [-0.3, -0.25) is 5.21 Å². The zero-order valence-corrected chi connectivity index (χ0v) is 10.6. The summed E-state index contributed by atoms with van der Waals surface area (Å²) in [6.45, 7) is 0. The summed E-state index contributed by atoms with van der Waals surface area (Å²) in [6, 6.07) is 4.96. The minimum Gasteiger partial charge on any atom is -0.330 e. The Hall–Kier alpha value is -0.880. The molecule has 0 radical (unpaired) electrons. The average molecular weight is 278 g/mol. The number of rotatable bonds is 2. The summed E-state index contributed by atoms with van der Waals surface area (Å²) < 4.78 is 0. The first kappa shape index (κ1) is 13.2. The van der Waals surface area contributed by atoms with E-state index in [4.69, 9.17) is 40.6 Å². The Balaban J connectivity index is 2.70. The van der Waals surface area contributed by atoms with Gasteiger partial charge in [-0.15, -0.1) is 0 Å². The highest BCUT2D eigenvalue weighted by Gasteiger charge is 2.02. The van der Waals surface area contributed by atoms with Gasteiger partial charge in [0.1, 0.15) is 6.34 Å². The van der Waals surface area contributed by atoms with Crippen LogP contribution < -0.4 is 5.32 Å². The van der Waals surface area contributed by atoms with E-state index in [-0.39, 0.29) is 5.11 Å². The molecule has 2 N–H and O–H groups in total. The molecule has 1 aromatic carbocycles. The summed E-state index contributed by atoms with van der Waals surface area (Å²) in [5.41, 5.74) is 0.605. The topological polar surface area (TPSA) is 47.9 Å². The van der Waals surface area contributed by atoms with Crippen molar-refractivity contribution >= 4 is 52.6 Å². The summed E-state index contributed by atoms with van der Waals surface area (Å²) in [5.74, 6) is 0. The molecule has 0 saturated heterocycles. The van der Waals surface area contributed by atoms with Crippen LogP contribution >= 0.6 is 35.4 Å². The first-order valence-corrected chi connectivity index (χ1v) is 5.37. The zero-order chi connectivity index (χ0) is 12.1. The number of benzene rings is 1. The molecule has 0 aliphatic heterocycles. The molecule has 16 heavy (non-hydrogen) atoms. The molecule has 4 nitrogen and oxygen atoms in total. The Kier molecular flexibility index (Phi) is 4.95.